The molecule has 0 aromatic rings. The maximum atomic E-state index is 8.26. The molecule has 0 heterocycles. The Bertz CT molecular complexity index is 118. The monoisotopic (exact) mass is 376 g/mol. The molecule has 0 atom stereocenters. The van der Waals surface area contributed by atoms with E-state index in [1.807, 2.05) is 0 Å². The van der Waals surface area contributed by atoms with Gasteiger partial charge in [-0.15, -0.1) is 0 Å². The van der Waals surface area contributed by atoms with E-state index in [1.54, 1.807) is 0 Å². The van der Waals surface area contributed by atoms with Gasteiger partial charge in [-0.2, -0.15) is 12.8 Å². The molecule has 5 heteroatoms. The van der Waals surface area contributed by atoms with E-state index in [1.165, 1.54) is 38.5 Å². The molecule has 0 aliphatic rings. The zero-order valence-electron chi connectivity index (χ0n) is 11.8. The van der Waals surface area contributed by atoms with Gasteiger partial charge in [-0.25, -0.2) is 0 Å². The fraction of sp³-hybridized carbons (Fsp3) is 0.769. The molecule has 0 bridgehead atoms. The van der Waals surface area contributed by atoms with Gasteiger partial charge in [-0.3, -0.25) is 0 Å². The van der Waals surface area contributed by atoms with Crippen molar-refractivity contribution in [3.63, 3.8) is 0 Å². The number of nitrogens with two attached hydrogens (primary N) is 1. The Balaban J connectivity index is -0.0000000777. The number of rotatable bonds is 6. The van der Waals surface area contributed by atoms with Gasteiger partial charge < -0.3 is 44.4 Å². The Hall–Kier alpha value is 0.598. The second kappa shape index (κ2) is 36.0. The van der Waals surface area contributed by atoms with Gasteiger partial charge in [-0.1, -0.05) is 56.7 Å². The first-order chi connectivity index (χ1) is 8.56. The third-order valence-corrected chi connectivity index (χ3v) is 1.71. The summed E-state index contributed by atoms with van der Waals surface area (Å²) < 4.78 is 8.34. The third kappa shape index (κ3) is 92.8. The van der Waals surface area contributed by atoms with Crippen LogP contribution in [0.15, 0.2) is 0 Å². The Labute approximate surface area is 136 Å². The molecule has 2 nitrogen and oxygen atoms in total. The first-order valence-corrected chi connectivity index (χ1v) is 7.91. The van der Waals surface area contributed by atoms with Crippen molar-refractivity contribution in [3.8, 4) is 0 Å². The summed E-state index contributed by atoms with van der Waals surface area (Å²) >= 11 is 8.96. The molecular formula is C13H28MoNOS2-3. The molecule has 2 N–H and O–H groups in total. The quantitative estimate of drug-likeness (QED) is 0.245. The Morgan fingerprint density at radius 3 is 1.33 bits per heavy atom. The SMILES string of the molecule is NC(=S)[S-].[CH2-]CCCCC.[CH2-]CCCCC.[O]=[Mo]. The van der Waals surface area contributed by atoms with Crippen LogP contribution in [0.25, 0.3) is 0 Å². The maximum absolute atomic E-state index is 8.26. The fourth-order valence-corrected chi connectivity index (χ4v) is 0.854. The molecular weight excluding hydrogens is 346 g/mol. The molecule has 0 aromatic carbocycles. The zero-order valence-corrected chi connectivity index (χ0v) is 15.4. The van der Waals surface area contributed by atoms with Gasteiger partial charge in [0.1, 0.15) is 0 Å². The molecule has 0 amide bonds. The summed E-state index contributed by atoms with van der Waals surface area (Å²) in [5, 5.41) is 0. The molecule has 112 valence electrons. The van der Waals surface area contributed by atoms with Crippen LogP contribution in [0, 0.1) is 13.8 Å². The molecule has 0 aromatic heterocycles. The third-order valence-electron chi connectivity index (χ3n) is 1.71. The van der Waals surface area contributed by atoms with Crippen molar-refractivity contribution in [3.05, 3.63) is 13.8 Å². The minimum absolute atomic E-state index is 0.0833. The van der Waals surface area contributed by atoms with Crippen LogP contribution in [0.1, 0.15) is 65.2 Å². The predicted molar refractivity (Wildman–Crippen MR) is 83.8 cm³/mol. The summed E-state index contributed by atoms with van der Waals surface area (Å²) in [6, 6.07) is 0. The van der Waals surface area contributed by atoms with E-state index in [2.05, 4.69) is 58.3 Å². The topological polar surface area (TPSA) is 43.1 Å². The van der Waals surface area contributed by atoms with Gasteiger partial charge in [0.25, 0.3) is 0 Å². The van der Waals surface area contributed by atoms with Crippen molar-refractivity contribution in [1.29, 1.82) is 0 Å². The van der Waals surface area contributed by atoms with E-state index in [4.69, 9.17) is 3.40 Å². The van der Waals surface area contributed by atoms with Gasteiger partial charge in [0.15, 0.2) is 0 Å². The molecule has 0 saturated carbocycles. The van der Waals surface area contributed by atoms with Crippen molar-refractivity contribution in [1.82, 2.24) is 0 Å². The molecule has 0 aliphatic carbocycles. The van der Waals surface area contributed by atoms with Crippen LogP contribution >= 0.6 is 12.2 Å². The van der Waals surface area contributed by atoms with Crippen LogP contribution in [0.3, 0.4) is 0 Å². The zero-order chi connectivity index (χ0) is 15.2. The average Bonchev–Trinajstić information content (AvgIpc) is 2.36. The van der Waals surface area contributed by atoms with Crippen molar-refractivity contribution >= 4 is 29.2 Å². The van der Waals surface area contributed by atoms with Crippen LogP contribution in [0.4, 0.5) is 0 Å². The van der Waals surface area contributed by atoms with Crippen LogP contribution in [0.2, 0.25) is 0 Å². The second-order valence-corrected chi connectivity index (χ2v) is 4.58. The summed E-state index contributed by atoms with van der Waals surface area (Å²) in [4.78, 5) is 0. The molecule has 0 saturated heterocycles. The minimum atomic E-state index is 0.0833. The first kappa shape index (κ1) is 27.0. The molecule has 0 spiro atoms. The number of unbranched alkanes of at least 4 members (excludes halogenated alkanes) is 6. The summed E-state index contributed by atoms with van der Waals surface area (Å²) in [6.07, 6.45) is 10.1. The molecule has 18 heavy (non-hydrogen) atoms. The Morgan fingerprint density at radius 2 is 1.28 bits per heavy atom. The average molecular weight is 374 g/mol. The number of hydrogen-bond acceptors (Lipinski definition) is 3. The van der Waals surface area contributed by atoms with Crippen LogP contribution in [0.5, 0.6) is 0 Å². The van der Waals surface area contributed by atoms with E-state index in [0.29, 0.717) is 19.8 Å². The van der Waals surface area contributed by atoms with E-state index >= 15 is 0 Å². The van der Waals surface area contributed by atoms with Gasteiger partial charge in [0.05, 0.1) is 0 Å². The van der Waals surface area contributed by atoms with Gasteiger partial charge in [0.2, 0.25) is 0 Å². The predicted octanol–water partition coefficient (Wildman–Crippen LogP) is 4.46. The van der Waals surface area contributed by atoms with E-state index in [0.717, 1.165) is 12.8 Å². The number of thiocarbonyl (C=S) groups is 1. The normalized spacial score (nSPS) is 7.56. The van der Waals surface area contributed by atoms with Crippen LogP contribution in [-0.2, 0) is 35.8 Å². The van der Waals surface area contributed by atoms with E-state index in [-0.39, 0.29) is 4.32 Å². The number of hydrogen-bond donors (Lipinski definition) is 1. The van der Waals surface area contributed by atoms with Crippen LogP contribution < -0.4 is 5.73 Å². The van der Waals surface area contributed by atoms with Gasteiger partial charge >= 0.3 is 23.2 Å². The first-order valence-electron chi connectivity index (χ1n) is 6.28. The summed E-state index contributed by atoms with van der Waals surface area (Å²) in [6.45, 7) is 11.9. The molecule has 0 radical (unpaired) electrons. The molecule has 0 fully saturated rings. The van der Waals surface area contributed by atoms with Crippen molar-refractivity contribution < 1.29 is 23.2 Å². The van der Waals surface area contributed by atoms with E-state index < -0.39 is 0 Å². The van der Waals surface area contributed by atoms with Gasteiger partial charge in [0, 0.05) is 0 Å². The Kier molecular flexibility index (Phi) is 54.1. The summed E-state index contributed by atoms with van der Waals surface area (Å²) in [7, 11) is 0. The van der Waals surface area contributed by atoms with E-state index in [9.17, 15) is 0 Å². The van der Waals surface area contributed by atoms with Gasteiger partial charge in [-0.05, 0) is 0 Å². The Morgan fingerprint density at radius 1 is 1.06 bits per heavy atom. The fourth-order valence-electron chi connectivity index (χ4n) is 0.854. The van der Waals surface area contributed by atoms with Crippen molar-refractivity contribution in [2.75, 3.05) is 0 Å². The summed E-state index contributed by atoms with van der Waals surface area (Å²) in [5.74, 6) is 0. The summed E-state index contributed by atoms with van der Waals surface area (Å²) in [5.41, 5.74) is 4.66. The molecule has 0 aliphatic heterocycles. The van der Waals surface area contributed by atoms with Crippen LogP contribution in [-0.4, -0.2) is 4.32 Å². The second-order valence-electron chi connectivity index (χ2n) is 3.44. The molecule has 0 unspecified atom stereocenters. The van der Waals surface area contributed by atoms with Crippen molar-refractivity contribution in [2.24, 2.45) is 5.73 Å². The van der Waals surface area contributed by atoms with Crippen molar-refractivity contribution in [2.45, 2.75) is 65.2 Å². The molecule has 0 rings (SSSR count). The standard InChI is InChI=1S/2C6H13.CH3NS2.Mo.O/c2*1-3-5-6-4-2;2-1(3)4;;/h2*1,3-6H2,2H3;(H3,2,3,4);;/q2*-1;;;/p-1.